The Morgan fingerprint density at radius 1 is 1.39 bits per heavy atom. The first-order valence-electron chi connectivity index (χ1n) is 6.16. The van der Waals surface area contributed by atoms with Gasteiger partial charge >= 0.3 is 0 Å². The van der Waals surface area contributed by atoms with Crippen LogP contribution in [0.2, 0.25) is 0 Å². The van der Waals surface area contributed by atoms with Crippen LogP contribution >= 0.6 is 0 Å². The first-order chi connectivity index (χ1) is 8.72. The monoisotopic (exact) mass is 246 g/mol. The number of likely N-dealkylation sites (N-methyl/N-ethyl adjacent to an activating group) is 1. The Morgan fingerprint density at radius 3 is 2.89 bits per heavy atom. The molecule has 1 atom stereocenters. The summed E-state index contributed by atoms with van der Waals surface area (Å²) < 4.78 is 11.2. The van der Waals surface area contributed by atoms with E-state index in [1.54, 1.807) is 19.2 Å². The molecule has 1 fully saturated rings. The molecule has 0 unspecified atom stereocenters. The maximum Gasteiger partial charge on any atom is 0.162 e. The van der Waals surface area contributed by atoms with Gasteiger partial charge in [0.2, 0.25) is 0 Å². The molecule has 0 N–H and O–H groups in total. The molecular formula is C14H18N2O2. The fourth-order valence-corrected chi connectivity index (χ4v) is 2.23. The highest BCUT2D eigenvalue weighted by atomic mass is 16.5. The molecule has 0 saturated carbocycles. The first-order valence-corrected chi connectivity index (χ1v) is 6.16. The molecule has 4 nitrogen and oxygen atoms in total. The third-order valence-electron chi connectivity index (χ3n) is 3.17. The van der Waals surface area contributed by atoms with E-state index in [0.717, 1.165) is 31.7 Å². The number of ether oxygens (including phenoxy) is 2. The van der Waals surface area contributed by atoms with Gasteiger partial charge in [-0.15, -0.1) is 0 Å². The Balaban J connectivity index is 2.11. The van der Waals surface area contributed by atoms with E-state index in [1.165, 1.54) is 0 Å². The SMILES string of the molecule is COc1cc(C#N)ccc1O[C@H]1CCCN(C)C1. The van der Waals surface area contributed by atoms with Crippen molar-refractivity contribution in [3.8, 4) is 17.6 Å². The smallest absolute Gasteiger partial charge is 0.162 e. The van der Waals surface area contributed by atoms with Crippen molar-refractivity contribution >= 4 is 0 Å². The third kappa shape index (κ3) is 2.93. The fraction of sp³-hybridized carbons (Fsp3) is 0.500. The molecule has 1 aliphatic rings. The van der Waals surface area contributed by atoms with Crippen molar-refractivity contribution < 1.29 is 9.47 Å². The minimum Gasteiger partial charge on any atom is -0.493 e. The number of nitrogens with zero attached hydrogens (tertiary/aromatic N) is 2. The summed E-state index contributed by atoms with van der Waals surface area (Å²) in [6, 6.07) is 7.37. The maximum absolute atomic E-state index is 8.85. The zero-order valence-corrected chi connectivity index (χ0v) is 10.8. The van der Waals surface area contributed by atoms with Gasteiger partial charge in [-0.05, 0) is 38.6 Å². The maximum atomic E-state index is 8.85. The van der Waals surface area contributed by atoms with Crippen molar-refractivity contribution in [3.05, 3.63) is 23.8 Å². The van der Waals surface area contributed by atoms with Crippen LogP contribution in [0.4, 0.5) is 0 Å². The highest BCUT2D eigenvalue weighted by molar-refractivity contribution is 5.46. The van der Waals surface area contributed by atoms with Gasteiger partial charge in [-0.25, -0.2) is 0 Å². The number of benzene rings is 1. The zero-order chi connectivity index (χ0) is 13.0. The first kappa shape index (κ1) is 12.7. The van der Waals surface area contributed by atoms with Crippen LogP contribution in [-0.2, 0) is 0 Å². The number of methoxy groups -OCH3 is 1. The van der Waals surface area contributed by atoms with Gasteiger partial charge in [-0.2, -0.15) is 5.26 Å². The third-order valence-corrected chi connectivity index (χ3v) is 3.17. The molecule has 0 bridgehead atoms. The number of piperidine rings is 1. The van der Waals surface area contributed by atoms with Gasteiger partial charge in [-0.1, -0.05) is 0 Å². The highest BCUT2D eigenvalue weighted by Gasteiger charge is 2.20. The Morgan fingerprint density at radius 2 is 2.22 bits per heavy atom. The van der Waals surface area contributed by atoms with E-state index in [0.29, 0.717) is 11.3 Å². The van der Waals surface area contributed by atoms with Crippen molar-refractivity contribution in [1.29, 1.82) is 5.26 Å². The largest absolute Gasteiger partial charge is 0.493 e. The molecule has 1 saturated heterocycles. The molecule has 0 aromatic heterocycles. The van der Waals surface area contributed by atoms with E-state index < -0.39 is 0 Å². The van der Waals surface area contributed by atoms with E-state index in [4.69, 9.17) is 14.7 Å². The predicted octanol–water partition coefficient (Wildman–Crippen LogP) is 2.04. The molecular weight excluding hydrogens is 228 g/mol. The lowest BCUT2D eigenvalue weighted by Gasteiger charge is -2.30. The van der Waals surface area contributed by atoms with E-state index in [-0.39, 0.29) is 6.10 Å². The summed E-state index contributed by atoms with van der Waals surface area (Å²) in [7, 11) is 3.70. The van der Waals surface area contributed by atoms with Crippen LogP contribution in [0, 0.1) is 11.3 Å². The molecule has 1 aliphatic heterocycles. The fourth-order valence-electron chi connectivity index (χ4n) is 2.23. The second-order valence-electron chi connectivity index (χ2n) is 4.62. The number of hydrogen-bond donors (Lipinski definition) is 0. The topological polar surface area (TPSA) is 45.5 Å². The second kappa shape index (κ2) is 5.74. The molecule has 1 aromatic carbocycles. The zero-order valence-electron chi connectivity index (χ0n) is 10.8. The molecule has 18 heavy (non-hydrogen) atoms. The molecule has 96 valence electrons. The molecule has 0 radical (unpaired) electrons. The summed E-state index contributed by atoms with van der Waals surface area (Å²) in [6.45, 7) is 2.06. The standard InChI is InChI=1S/C14H18N2O2/c1-16-7-3-4-12(10-16)18-13-6-5-11(9-15)8-14(13)17-2/h5-6,8,12H,3-4,7,10H2,1-2H3/t12-/m0/s1. The van der Waals surface area contributed by atoms with Gasteiger partial charge in [0.05, 0.1) is 18.7 Å². The predicted molar refractivity (Wildman–Crippen MR) is 68.9 cm³/mol. The van der Waals surface area contributed by atoms with Crippen molar-refractivity contribution in [2.75, 3.05) is 27.2 Å². The second-order valence-corrected chi connectivity index (χ2v) is 4.62. The molecule has 4 heteroatoms. The summed E-state index contributed by atoms with van der Waals surface area (Å²) in [6.07, 6.45) is 2.42. The van der Waals surface area contributed by atoms with Crippen LogP contribution in [0.5, 0.6) is 11.5 Å². The minimum atomic E-state index is 0.200. The average molecular weight is 246 g/mol. The molecule has 0 aliphatic carbocycles. The van der Waals surface area contributed by atoms with Crippen molar-refractivity contribution in [2.45, 2.75) is 18.9 Å². The van der Waals surface area contributed by atoms with Gasteiger partial charge in [-0.3, -0.25) is 0 Å². The van der Waals surface area contributed by atoms with Gasteiger partial charge in [0.1, 0.15) is 6.10 Å². The lowest BCUT2D eigenvalue weighted by Crippen LogP contribution is -2.38. The Hall–Kier alpha value is -1.73. The summed E-state index contributed by atoms with van der Waals surface area (Å²) in [5, 5.41) is 8.85. The summed E-state index contributed by atoms with van der Waals surface area (Å²) in [4.78, 5) is 2.27. The molecule has 1 heterocycles. The Labute approximate surface area is 108 Å². The highest BCUT2D eigenvalue weighted by Crippen LogP contribution is 2.30. The van der Waals surface area contributed by atoms with Crippen LogP contribution < -0.4 is 9.47 Å². The van der Waals surface area contributed by atoms with Gasteiger partial charge < -0.3 is 14.4 Å². The van der Waals surface area contributed by atoms with Crippen LogP contribution in [0.25, 0.3) is 0 Å². The van der Waals surface area contributed by atoms with Crippen molar-refractivity contribution in [2.24, 2.45) is 0 Å². The molecule has 0 amide bonds. The summed E-state index contributed by atoms with van der Waals surface area (Å²) >= 11 is 0. The number of nitriles is 1. The minimum absolute atomic E-state index is 0.200. The van der Waals surface area contributed by atoms with Crippen LogP contribution in [0.15, 0.2) is 18.2 Å². The lowest BCUT2D eigenvalue weighted by molar-refractivity contribution is 0.101. The Bertz CT molecular complexity index is 454. The normalized spacial score (nSPS) is 20.2. The van der Waals surface area contributed by atoms with Gasteiger partial charge in [0.25, 0.3) is 0 Å². The molecule has 0 spiro atoms. The van der Waals surface area contributed by atoms with E-state index in [1.807, 2.05) is 6.07 Å². The number of likely N-dealkylation sites (tertiary alicyclic amines) is 1. The average Bonchev–Trinajstić information content (AvgIpc) is 2.39. The number of hydrogen-bond acceptors (Lipinski definition) is 4. The van der Waals surface area contributed by atoms with E-state index in [9.17, 15) is 0 Å². The van der Waals surface area contributed by atoms with Crippen LogP contribution in [0.1, 0.15) is 18.4 Å². The lowest BCUT2D eigenvalue weighted by atomic mass is 10.1. The van der Waals surface area contributed by atoms with Crippen molar-refractivity contribution in [3.63, 3.8) is 0 Å². The van der Waals surface area contributed by atoms with Crippen LogP contribution in [0.3, 0.4) is 0 Å². The molecule has 1 aromatic rings. The molecule has 2 rings (SSSR count). The summed E-state index contributed by atoms with van der Waals surface area (Å²) in [5.41, 5.74) is 0.583. The summed E-state index contributed by atoms with van der Waals surface area (Å²) in [5.74, 6) is 1.35. The van der Waals surface area contributed by atoms with Crippen LogP contribution in [-0.4, -0.2) is 38.3 Å². The van der Waals surface area contributed by atoms with E-state index >= 15 is 0 Å². The van der Waals surface area contributed by atoms with E-state index in [2.05, 4.69) is 18.0 Å². The number of rotatable bonds is 3. The Kier molecular flexibility index (Phi) is 4.06. The quantitative estimate of drug-likeness (QED) is 0.818. The van der Waals surface area contributed by atoms with Gasteiger partial charge in [0, 0.05) is 12.6 Å². The van der Waals surface area contributed by atoms with Gasteiger partial charge in [0.15, 0.2) is 11.5 Å². The van der Waals surface area contributed by atoms with Crippen molar-refractivity contribution in [1.82, 2.24) is 4.90 Å².